The summed E-state index contributed by atoms with van der Waals surface area (Å²) < 4.78 is 1.11. The Bertz CT molecular complexity index is 679. The van der Waals surface area contributed by atoms with Gasteiger partial charge in [0.1, 0.15) is 0 Å². The number of thioether (sulfide) groups is 1. The van der Waals surface area contributed by atoms with Crippen LogP contribution in [-0.4, -0.2) is 16.5 Å². The summed E-state index contributed by atoms with van der Waals surface area (Å²) in [7, 11) is 0. The lowest BCUT2D eigenvalue weighted by atomic mass is 10.0. The van der Waals surface area contributed by atoms with Crippen molar-refractivity contribution in [3.63, 3.8) is 0 Å². The van der Waals surface area contributed by atoms with E-state index < -0.39 is 0 Å². The van der Waals surface area contributed by atoms with Gasteiger partial charge in [-0.2, -0.15) is 0 Å². The number of hydrogen-bond donors (Lipinski definition) is 1. The predicted molar refractivity (Wildman–Crippen MR) is 93.9 cm³/mol. The van der Waals surface area contributed by atoms with Crippen molar-refractivity contribution in [2.45, 2.75) is 25.8 Å². The number of anilines is 1. The fourth-order valence-electron chi connectivity index (χ4n) is 2.24. The lowest BCUT2D eigenvalue weighted by Crippen LogP contribution is -2.27. The van der Waals surface area contributed by atoms with E-state index in [1.165, 1.54) is 10.8 Å². The highest BCUT2D eigenvalue weighted by atomic mass is 79.9. The summed E-state index contributed by atoms with van der Waals surface area (Å²) in [5.41, 5.74) is 1.15. The van der Waals surface area contributed by atoms with Gasteiger partial charge < -0.3 is 5.32 Å². The predicted octanol–water partition coefficient (Wildman–Crippen LogP) is 5.29. The van der Waals surface area contributed by atoms with Gasteiger partial charge in [0.2, 0.25) is 0 Å². The molecule has 2 nitrogen and oxygen atoms in total. The lowest BCUT2D eigenvalue weighted by molar-refractivity contribution is 0.507. The van der Waals surface area contributed by atoms with Gasteiger partial charge >= 0.3 is 0 Å². The average molecular weight is 349 g/mol. The number of aliphatic imine (C=N–C) groups is 1. The maximum atomic E-state index is 4.76. The van der Waals surface area contributed by atoms with E-state index in [0.717, 1.165) is 27.5 Å². The number of benzene rings is 2. The molecule has 1 N–H and O–H groups in total. The molecule has 104 valence electrons. The minimum atomic E-state index is 0.0509. The van der Waals surface area contributed by atoms with E-state index in [-0.39, 0.29) is 5.54 Å². The minimum Gasteiger partial charge on any atom is -0.335 e. The van der Waals surface area contributed by atoms with E-state index in [1.807, 2.05) is 0 Å². The van der Waals surface area contributed by atoms with Crippen molar-refractivity contribution in [1.82, 2.24) is 0 Å². The van der Waals surface area contributed by atoms with Gasteiger partial charge in [0, 0.05) is 15.9 Å². The van der Waals surface area contributed by atoms with E-state index in [1.54, 1.807) is 11.8 Å². The Balaban J connectivity index is 1.88. The average Bonchev–Trinajstić information content (AvgIpc) is 2.38. The van der Waals surface area contributed by atoms with Crippen LogP contribution in [0.2, 0.25) is 0 Å². The standard InChI is InChI=1S/C16H17BrN2S/c1-16(2)7-8-20-15(19-16)18-14-6-4-11-9-13(17)5-3-12(11)10-14/h3-6,9-10H,7-8H2,1-2H3,(H,18,19). The highest BCUT2D eigenvalue weighted by Crippen LogP contribution is 2.28. The van der Waals surface area contributed by atoms with Crippen molar-refractivity contribution in [1.29, 1.82) is 0 Å². The topological polar surface area (TPSA) is 24.4 Å². The summed E-state index contributed by atoms with van der Waals surface area (Å²) in [6, 6.07) is 12.8. The molecular formula is C16H17BrN2S. The van der Waals surface area contributed by atoms with Gasteiger partial charge in [-0.15, -0.1) is 0 Å². The molecule has 0 aliphatic carbocycles. The second kappa shape index (κ2) is 5.41. The summed E-state index contributed by atoms with van der Waals surface area (Å²) in [5, 5.41) is 6.94. The van der Waals surface area contributed by atoms with Crippen LogP contribution in [0.3, 0.4) is 0 Å². The number of amidine groups is 1. The van der Waals surface area contributed by atoms with Crippen molar-refractivity contribution in [3.8, 4) is 0 Å². The van der Waals surface area contributed by atoms with Crippen LogP contribution in [0.1, 0.15) is 20.3 Å². The van der Waals surface area contributed by atoms with Gasteiger partial charge in [-0.3, -0.25) is 4.99 Å². The molecule has 0 spiro atoms. The molecule has 20 heavy (non-hydrogen) atoms. The Morgan fingerprint density at radius 2 is 1.90 bits per heavy atom. The quantitative estimate of drug-likeness (QED) is 0.757. The summed E-state index contributed by atoms with van der Waals surface area (Å²) >= 11 is 5.30. The Morgan fingerprint density at radius 3 is 2.70 bits per heavy atom. The second-order valence-corrected chi connectivity index (χ2v) is 7.66. The van der Waals surface area contributed by atoms with Crippen molar-refractivity contribution in [3.05, 3.63) is 40.9 Å². The molecule has 2 aromatic rings. The second-order valence-electron chi connectivity index (χ2n) is 5.66. The van der Waals surface area contributed by atoms with Crippen molar-refractivity contribution in [2.24, 2.45) is 4.99 Å². The number of hydrogen-bond acceptors (Lipinski definition) is 3. The normalized spacial score (nSPS) is 17.9. The zero-order chi connectivity index (χ0) is 14.2. The molecule has 0 saturated carbocycles. The van der Waals surface area contributed by atoms with Crippen molar-refractivity contribution in [2.75, 3.05) is 11.1 Å². The third-order valence-corrected chi connectivity index (χ3v) is 4.78. The maximum Gasteiger partial charge on any atom is 0.161 e. The molecule has 0 radical (unpaired) electrons. The molecular weight excluding hydrogens is 332 g/mol. The summed E-state index contributed by atoms with van der Waals surface area (Å²) in [6.45, 7) is 4.37. The lowest BCUT2D eigenvalue weighted by Gasteiger charge is -2.26. The maximum absolute atomic E-state index is 4.76. The number of halogens is 1. The van der Waals surface area contributed by atoms with E-state index in [0.29, 0.717) is 0 Å². The summed E-state index contributed by atoms with van der Waals surface area (Å²) in [5.74, 6) is 1.12. The number of nitrogens with zero attached hydrogens (tertiary/aromatic N) is 1. The molecule has 4 heteroatoms. The van der Waals surface area contributed by atoms with E-state index in [4.69, 9.17) is 4.99 Å². The highest BCUT2D eigenvalue weighted by molar-refractivity contribution is 9.10. The van der Waals surface area contributed by atoms with Crippen molar-refractivity contribution >= 4 is 49.3 Å². The molecule has 1 heterocycles. The van der Waals surface area contributed by atoms with Gasteiger partial charge in [-0.1, -0.05) is 39.8 Å². The van der Waals surface area contributed by atoms with Crippen LogP contribution < -0.4 is 5.32 Å². The van der Waals surface area contributed by atoms with Crippen LogP contribution in [0.25, 0.3) is 10.8 Å². The van der Waals surface area contributed by atoms with Crippen molar-refractivity contribution < 1.29 is 0 Å². The van der Waals surface area contributed by atoms with Crippen LogP contribution in [0.15, 0.2) is 45.9 Å². The highest BCUT2D eigenvalue weighted by Gasteiger charge is 2.22. The van der Waals surface area contributed by atoms with E-state index in [2.05, 4.69) is 71.5 Å². The van der Waals surface area contributed by atoms with Crippen LogP contribution in [0.4, 0.5) is 5.69 Å². The van der Waals surface area contributed by atoms with Crippen LogP contribution >= 0.6 is 27.7 Å². The first-order chi connectivity index (χ1) is 9.52. The number of rotatable bonds is 1. The Labute approximate surface area is 132 Å². The van der Waals surface area contributed by atoms with Crippen LogP contribution in [-0.2, 0) is 0 Å². The molecule has 0 unspecified atom stereocenters. The monoisotopic (exact) mass is 348 g/mol. The SMILES string of the molecule is CC1(C)CCSC(Nc2ccc3cc(Br)ccc3c2)=N1. The fourth-order valence-corrected chi connectivity index (χ4v) is 3.92. The Kier molecular flexibility index (Phi) is 3.78. The van der Waals surface area contributed by atoms with Gasteiger partial charge in [0.25, 0.3) is 0 Å². The summed E-state index contributed by atoms with van der Waals surface area (Å²) in [6.07, 6.45) is 1.13. The minimum absolute atomic E-state index is 0.0509. The largest absolute Gasteiger partial charge is 0.335 e. The van der Waals surface area contributed by atoms with Gasteiger partial charge in [-0.05, 0) is 55.3 Å². The zero-order valence-electron chi connectivity index (χ0n) is 11.6. The van der Waals surface area contributed by atoms with E-state index in [9.17, 15) is 0 Å². The van der Waals surface area contributed by atoms with Gasteiger partial charge in [-0.25, -0.2) is 0 Å². The molecule has 0 fully saturated rings. The molecule has 0 atom stereocenters. The third-order valence-electron chi connectivity index (χ3n) is 3.41. The smallest absolute Gasteiger partial charge is 0.161 e. The molecule has 0 aromatic heterocycles. The first-order valence-corrected chi connectivity index (χ1v) is 8.49. The molecule has 0 amide bonds. The Hall–Kier alpha value is -1.00. The molecule has 1 aliphatic heterocycles. The van der Waals surface area contributed by atoms with Crippen LogP contribution in [0.5, 0.6) is 0 Å². The first-order valence-electron chi connectivity index (χ1n) is 6.71. The molecule has 0 bridgehead atoms. The van der Waals surface area contributed by atoms with Gasteiger partial charge in [0.15, 0.2) is 5.17 Å². The molecule has 2 aromatic carbocycles. The molecule has 0 saturated heterocycles. The molecule has 3 rings (SSSR count). The van der Waals surface area contributed by atoms with E-state index >= 15 is 0 Å². The zero-order valence-corrected chi connectivity index (χ0v) is 14.0. The number of fused-ring (bicyclic) bond motifs is 1. The third kappa shape index (κ3) is 3.18. The first kappa shape index (κ1) is 14.0. The Morgan fingerprint density at radius 1 is 1.15 bits per heavy atom. The van der Waals surface area contributed by atoms with Crippen LogP contribution in [0, 0.1) is 0 Å². The van der Waals surface area contributed by atoms with Gasteiger partial charge in [0.05, 0.1) is 5.54 Å². The summed E-state index contributed by atoms with van der Waals surface area (Å²) in [4.78, 5) is 4.76. The fraction of sp³-hybridized carbons (Fsp3) is 0.312. The number of nitrogens with one attached hydrogen (secondary N) is 1. The molecule has 1 aliphatic rings.